The van der Waals surface area contributed by atoms with Gasteiger partial charge in [0.25, 0.3) is 0 Å². The molecule has 3 rings (SSSR count). The van der Waals surface area contributed by atoms with Crippen LogP contribution in [0.2, 0.25) is 0 Å². The maximum Gasteiger partial charge on any atom is 0.225 e. The minimum Gasteiger partial charge on any atom is -0.371 e. The SMILES string of the molecule is CC(C)C(=O)NC[C@H]1CCC2(CN(C(=O)C3CCC3)C2)OC1. The molecule has 1 atom stereocenters. The van der Waals surface area contributed by atoms with E-state index >= 15 is 0 Å². The van der Waals surface area contributed by atoms with Crippen LogP contribution in [0.25, 0.3) is 0 Å². The molecule has 0 bridgehead atoms. The number of hydrogen-bond donors (Lipinski definition) is 1. The Morgan fingerprint density at radius 3 is 2.50 bits per heavy atom. The standard InChI is InChI=1S/C17H28N2O3/c1-12(2)15(20)18-8-13-6-7-17(22-9-13)10-19(11-17)16(21)14-4-3-5-14/h12-14H,3-11H2,1-2H3,(H,18,20)/t13-/m1/s1. The Kier molecular flexibility index (Phi) is 4.44. The largest absolute Gasteiger partial charge is 0.371 e. The highest BCUT2D eigenvalue weighted by atomic mass is 16.5. The van der Waals surface area contributed by atoms with Gasteiger partial charge in [0, 0.05) is 18.4 Å². The van der Waals surface area contributed by atoms with Gasteiger partial charge in [-0.25, -0.2) is 0 Å². The fourth-order valence-corrected chi connectivity index (χ4v) is 3.50. The van der Waals surface area contributed by atoms with E-state index in [1.54, 1.807) is 0 Å². The molecule has 1 spiro atoms. The van der Waals surface area contributed by atoms with Crippen molar-refractivity contribution in [2.75, 3.05) is 26.2 Å². The second-order valence-electron chi connectivity index (χ2n) is 7.62. The number of carbonyl (C=O) groups excluding carboxylic acids is 2. The highest BCUT2D eigenvalue weighted by Gasteiger charge is 2.49. The van der Waals surface area contributed by atoms with Gasteiger partial charge in [-0.3, -0.25) is 9.59 Å². The van der Waals surface area contributed by atoms with E-state index < -0.39 is 0 Å². The van der Waals surface area contributed by atoms with E-state index in [0.29, 0.717) is 30.9 Å². The number of hydrogen-bond acceptors (Lipinski definition) is 3. The molecular weight excluding hydrogens is 280 g/mol. The summed E-state index contributed by atoms with van der Waals surface area (Å²) in [5.41, 5.74) is -0.0854. The lowest BCUT2D eigenvalue weighted by molar-refractivity contribution is -0.192. The molecule has 1 N–H and O–H groups in total. The minimum atomic E-state index is -0.0854. The van der Waals surface area contributed by atoms with Gasteiger partial charge in [-0.15, -0.1) is 0 Å². The summed E-state index contributed by atoms with van der Waals surface area (Å²) in [7, 11) is 0. The van der Waals surface area contributed by atoms with Crippen molar-refractivity contribution < 1.29 is 14.3 Å². The number of nitrogens with zero attached hydrogens (tertiary/aromatic N) is 1. The lowest BCUT2D eigenvalue weighted by Crippen LogP contribution is -2.67. The van der Waals surface area contributed by atoms with Crippen molar-refractivity contribution >= 4 is 11.8 Å². The molecule has 0 aromatic heterocycles. The van der Waals surface area contributed by atoms with E-state index in [-0.39, 0.29) is 17.4 Å². The van der Waals surface area contributed by atoms with Crippen LogP contribution in [0.5, 0.6) is 0 Å². The maximum absolute atomic E-state index is 12.2. The fraction of sp³-hybridized carbons (Fsp3) is 0.882. The van der Waals surface area contributed by atoms with E-state index in [1.807, 2.05) is 18.7 Å². The molecule has 124 valence electrons. The molecule has 1 aliphatic carbocycles. The first-order chi connectivity index (χ1) is 10.5. The van der Waals surface area contributed by atoms with Crippen molar-refractivity contribution in [3.8, 4) is 0 Å². The monoisotopic (exact) mass is 308 g/mol. The number of nitrogens with one attached hydrogen (secondary N) is 1. The molecule has 2 aliphatic heterocycles. The summed E-state index contributed by atoms with van der Waals surface area (Å²) < 4.78 is 6.07. The number of ether oxygens (including phenoxy) is 1. The second kappa shape index (κ2) is 6.19. The Balaban J connectivity index is 1.38. The van der Waals surface area contributed by atoms with Crippen LogP contribution < -0.4 is 5.32 Å². The quantitative estimate of drug-likeness (QED) is 0.857. The molecule has 2 heterocycles. The summed E-state index contributed by atoms with van der Waals surface area (Å²) in [5.74, 6) is 1.19. The van der Waals surface area contributed by atoms with Gasteiger partial charge in [-0.1, -0.05) is 20.3 Å². The van der Waals surface area contributed by atoms with Crippen molar-refractivity contribution in [2.45, 2.75) is 51.6 Å². The molecule has 0 aromatic rings. The molecule has 2 saturated heterocycles. The minimum absolute atomic E-state index is 0.0357. The third-order valence-corrected chi connectivity index (χ3v) is 5.45. The van der Waals surface area contributed by atoms with Gasteiger partial charge in [-0.2, -0.15) is 0 Å². The van der Waals surface area contributed by atoms with Gasteiger partial charge >= 0.3 is 0 Å². The van der Waals surface area contributed by atoms with Crippen molar-refractivity contribution in [1.82, 2.24) is 10.2 Å². The lowest BCUT2D eigenvalue weighted by atomic mass is 9.79. The van der Waals surface area contributed by atoms with Crippen LogP contribution in [-0.2, 0) is 14.3 Å². The van der Waals surface area contributed by atoms with Crippen molar-refractivity contribution in [3.63, 3.8) is 0 Å². The number of likely N-dealkylation sites (tertiary alicyclic amines) is 1. The van der Waals surface area contributed by atoms with E-state index in [0.717, 1.165) is 38.8 Å². The van der Waals surface area contributed by atoms with Crippen LogP contribution in [0, 0.1) is 17.8 Å². The number of rotatable bonds is 4. The van der Waals surface area contributed by atoms with E-state index in [4.69, 9.17) is 4.74 Å². The van der Waals surface area contributed by atoms with Crippen molar-refractivity contribution in [1.29, 1.82) is 0 Å². The smallest absolute Gasteiger partial charge is 0.225 e. The Bertz CT molecular complexity index is 429. The van der Waals surface area contributed by atoms with Gasteiger partial charge < -0.3 is 15.0 Å². The van der Waals surface area contributed by atoms with Gasteiger partial charge in [-0.05, 0) is 31.6 Å². The predicted octanol–water partition coefficient (Wildman–Crippen LogP) is 1.57. The van der Waals surface area contributed by atoms with Crippen LogP contribution in [-0.4, -0.2) is 48.6 Å². The summed E-state index contributed by atoms with van der Waals surface area (Å²) in [4.78, 5) is 25.7. The first kappa shape index (κ1) is 15.8. The molecule has 0 radical (unpaired) electrons. The average molecular weight is 308 g/mol. The zero-order valence-corrected chi connectivity index (χ0v) is 13.8. The summed E-state index contributed by atoms with van der Waals surface area (Å²) >= 11 is 0. The highest BCUT2D eigenvalue weighted by Crippen LogP contribution is 2.38. The normalized spacial score (nSPS) is 27.4. The Morgan fingerprint density at radius 1 is 1.27 bits per heavy atom. The van der Waals surface area contributed by atoms with Crippen LogP contribution >= 0.6 is 0 Å². The third-order valence-electron chi connectivity index (χ3n) is 5.45. The van der Waals surface area contributed by atoms with Gasteiger partial charge in [0.2, 0.25) is 11.8 Å². The molecule has 22 heavy (non-hydrogen) atoms. The van der Waals surface area contributed by atoms with Crippen LogP contribution in [0.1, 0.15) is 46.0 Å². The molecule has 2 amide bonds. The maximum atomic E-state index is 12.2. The average Bonchev–Trinajstić information content (AvgIpc) is 2.40. The molecular formula is C17H28N2O3. The second-order valence-corrected chi connectivity index (χ2v) is 7.62. The van der Waals surface area contributed by atoms with Crippen LogP contribution in [0.15, 0.2) is 0 Å². The molecule has 0 aromatic carbocycles. The summed E-state index contributed by atoms with van der Waals surface area (Å²) in [6, 6.07) is 0. The molecule has 5 heteroatoms. The number of amides is 2. The van der Waals surface area contributed by atoms with Gasteiger partial charge in [0.05, 0.1) is 19.7 Å². The Hall–Kier alpha value is -1.10. The highest BCUT2D eigenvalue weighted by molar-refractivity contribution is 5.80. The summed E-state index contributed by atoms with van der Waals surface area (Å²) in [5, 5.41) is 2.99. The Labute approximate surface area is 132 Å². The lowest BCUT2D eigenvalue weighted by Gasteiger charge is -2.54. The van der Waals surface area contributed by atoms with E-state index in [2.05, 4.69) is 5.32 Å². The zero-order valence-electron chi connectivity index (χ0n) is 13.8. The molecule has 3 fully saturated rings. The molecule has 0 unspecified atom stereocenters. The Morgan fingerprint density at radius 2 is 2.00 bits per heavy atom. The van der Waals surface area contributed by atoms with Crippen molar-refractivity contribution in [2.24, 2.45) is 17.8 Å². The van der Waals surface area contributed by atoms with Gasteiger partial charge in [0.1, 0.15) is 5.60 Å². The van der Waals surface area contributed by atoms with Crippen molar-refractivity contribution in [3.05, 3.63) is 0 Å². The first-order valence-corrected chi connectivity index (χ1v) is 8.69. The van der Waals surface area contributed by atoms with E-state index in [1.165, 1.54) is 6.42 Å². The molecule has 5 nitrogen and oxygen atoms in total. The number of carbonyl (C=O) groups is 2. The topological polar surface area (TPSA) is 58.6 Å². The third kappa shape index (κ3) is 3.14. The van der Waals surface area contributed by atoms with E-state index in [9.17, 15) is 9.59 Å². The van der Waals surface area contributed by atoms with Gasteiger partial charge in [0.15, 0.2) is 0 Å². The summed E-state index contributed by atoms with van der Waals surface area (Å²) in [6.45, 7) is 6.76. The molecule has 1 saturated carbocycles. The van der Waals surface area contributed by atoms with Crippen LogP contribution in [0.4, 0.5) is 0 Å². The predicted molar refractivity (Wildman–Crippen MR) is 83.2 cm³/mol. The fourth-order valence-electron chi connectivity index (χ4n) is 3.50. The first-order valence-electron chi connectivity index (χ1n) is 8.69. The zero-order chi connectivity index (χ0) is 15.7. The molecule has 3 aliphatic rings. The summed E-state index contributed by atoms with van der Waals surface area (Å²) in [6.07, 6.45) is 5.42. The van der Waals surface area contributed by atoms with Crippen LogP contribution in [0.3, 0.4) is 0 Å².